The smallest absolute Gasteiger partial charge is 0.228 e. The monoisotopic (exact) mass is 319 g/mol. The van der Waals surface area contributed by atoms with E-state index in [4.69, 9.17) is 21.1 Å². The van der Waals surface area contributed by atoms with Crippen molar-refractivity contribution >= 4 is 23.2 Å². The second-order valence-electron chi connectivity index (χ2n) is 4.62. The van der Waals surface area contributed by atoms with Gasteiger partial charge in [-0.05, 0) is 30.7 Å². The number of rotatable bonds is 6. The lowest BCUT2D eigenvalue weighted by Gasteiger charge is -2.12. The van der Waals surface area contributed by atoms with Crippen LogP contribution in [0.15, 0.2) is 42.5 Å². The summed E-state index contributed by atoms with van der Waals surface area (Å²) < 4.78 is 10.7. The number of methoxy groups -OCH3 is 1. The van der Waals surface area contributed by atoms with Crippen molar-refractivity contribution in [1.82, 2.24) is 0 Å². The van der Waals surface area contributed by atoms with Crippen LogP contribution in [0.5, 0.6) is 11.5 Å². The van der Waals surface area contributed by atoms with Crippen molar-refractivity contribution in [3.63, 3.8) is 0 Å². The largest absolute Gasteiger partial charge is 0.493 e. The fraction of sp³-hybridized carbons (Fsp3) is 0.235. The van der Waals surface area contributed by atoms with Gasteiger partial charge in [0.25, 0.3) is 0 Å². The number of hydrogen-bond acceptors (Lipinski definition) is 3. The first-order chi connectivity index (χ1) is 10.6. The molecule has 0 saturated carbocycles. The average Bonchev–Trinajstić information content (AvgIpc) is 2.51. The Morgan fingerprint density at radius 1 is 1.18 bits per heavy atom. The number of carbonyl (C=O) groups is 1. The van der Waals surface area contributed by atoms with Gasteiger partial charge in [0, 0.05) is 16.8 Å². The number of carbonyl (C=O) groups excluding carboxylic acids is 1. The summed E-state index contributed by atoms with van der Waals surface area (Å²) in [6.07, 6.45) is 0.217. The van der Waals surface area contributed by atoms with Crippen LogP contribution in [0.25, 0.3) is 0 Å². The SMILES string of the molecule is CCOc1ccc(NC(=O)Cc2ccccc2Cl)cc1OC. The molecule has 2 aromatic rings. The van der Waals surface area contributed by atoms with E-state index in [0.29, 0.717) is 28.8 Å². The molecule has 0 aromatic heterocycles. The number of nitrogens with one attached hydrogen (secondary N) is 1. The molecule has 0 fully saturated rings. The Labute approximate surface area is 135 Å². The zero-order valence-corrected chi connectivity index (χ0v) is 13.3. The van der Waals surface area contributed by atoms with Gasteiger partial charge in [-0.3, -0.25) is 4.79 Å². The molecule has 0 spiro atoms. The minimum atomic E-state index is -0.140. The fourth-order valence-corrected chi connectivity index (χ4v) is 2.24. The molecule has 0 heterocycles. The van der Waals surface area contributed by atoms with E-state index in [1.165, 1.54) is 0 Å². The lowest BCUT2D eigenvalue weighted by Crippen LogP contribution is -2.14. The summed E-state index contributed by atoms with van der Waals surface area (Å²) in [7, 11) is 1.56. The minimum Gasteiger partial charge on any atom is -0.493 e. The van der Waals surface area contributed by atoms with E-state index in [-0.39, 0.29) is 12.3 Å². The van der Waals surface area contributed by atoms with Gasteiger partial charge >= 0.3 is 0 Å². The third kappa shape index (κ3) is 4.15. The predicted octanol–water partition coefficient (Wildman–Crippen LogP) is 3.93. The van der Waals surface area contributed by atoms with Crippen LogP contribution >= 0.6 is 11.6 Å². The highest BCUT2D eigenvalue weighted by Crippen LogP contribution is 2.30. The van der Waals surface area contributed by atoms with Crippen LogP contribution < -0.4 is 14.8 Å². The molecule has 0 aliphatic heterocycles. The standard InChI is InChI=1S/C17H18ClNO3/c1-3-22-15-9-8-13(11-16(15)21-2)19-17(20)10-12-6-4-5-7-14(12)18/h4-9,11H,3,10H2,1-2H3,(H,19,20). The molecule has 4 nitrogen and oxygen atoms in total. The number of amides is 1. The third-order valence-electron chi connectivity index (χ3n) is 3.06. The molecule has 0 unspecified atom stereocenters. The van der Waals surface area contributed by atoms with Gasteiger partial charge in [0.1, 0.15) is 0 Å². The first kappa shape index (κ1) is 16.2. The Morgan fingerprint density at radius 2 is 1.95 bits per heavy atom. The Morgan fingerprint density at radius 3 is 2.64 bits per heavy atom. The van der Waals surface area contributed by atoms with Crippen molar-refractivity contribution in [2.45, 2.75) is 13.3 Å². The molecule has 2 aromatic carbocycles. The van der Waals surface area contributed by atoms with Gasteiger partial charge in [0.15, 0.2) is 11.5 Å². The van der Waals surface area contributed by atoms with Crippen molar-refractivity contribution < 1.29 is 14.3 Å². The molecule has 116 valence electrons. The predicted molar refractivity (Wildman–Crippen MR) is 87.9 cm³/mol. The molecular weight excluding hydrogens is 302 g/mol. The maximum Gasteiger partial charge on any atom is 0.228 e. The number of ether oxygens (including phenoxy) is 2. The van der Waals surface area contributed by atoms with E-state index in [2.05, 4.69) is 5.32 Å². The molecule has 0 saturated heterocycles. The summed E-state index contributed by atoms with van der Waals surface area (Å²) in [4.78, 5) is 12.1. The molecule has 0 bridgehead atoms. The van der Waals surface area contributed by atoms with Gasteiger partial charge in [0.2, 0.25) is 5.91 Å². The summed E-state index contributed by atoms with van der Waals surface area (Å²) in [5.74, 6) is 1.09. The van der Waals surface area contributed by atoms with Gasteiger partial charge < -0.3 is 14.8 Å². The summed E-state index contributed by atoms with van der Waals surface area (Å²) >= 11 is 6.06. The summed E-state index contributed by atoms with van der Waals surface area (Å²) in [5.41, 5.74) is 1.44. The summed E-state index contributed by atoms with van der Waals surface area (Å²) in [6.45, 7) is 2.45. The van der Waals surface area contributed by atoms with E-state index in [1.807, 2.05) is 25.1 Å². The molecule has 5 heteroatoms. The van der Waals surface area contributed by atoms with Crippen molar-refractivity contribution in [2.24, 2.45) is 0 Å². The highest BCUT2D eigenvalue weighted by molar-refractivity contribution is 6.31. The summed E-state index contributed by atoms with van der Waals surface area (Å²) in [6, 6.07) is 12.6. The highest BCUT2D eigenvalue weighted by atomic mass is 35.5. The van der Waals surface area contributed by atoms with Crippen LogP contribution in [0.1, 0.15) is 12.5 Å². The molecular formula is C17H18ClNO3. The molecule has 1 amide bonds. The van der Waals surface area contributed by atoms with Crippen molar-refractivity contribution in [1.29, 1.82) is 0 Å². The van der Waals surface area contributed by atoms with Crippen LogP contribution in [0.2, 0.25) is 5.02 Å². The topological polar surface area (TPSA) is 47.6 Å². The molecule has 0 aliphatic rings. The van der Waals surface area contributed by atoms with E-state index in [9.17, 15) is 4.79 Å². The zero-order chi connectivity index (χ0) is 15.9. The molecule has 0 atom stereocenters. The third-order valence-corrected chi connectivity index (χ3v) is 3.42. The van der Waals surface area contributed by atoms with E-state index >= 15 is 0 Å². The fourth-order valence-electron chi connectivity index (χ4n) is 2.04. The lowest BCUT2D eigenvalue weighted by molar-refractivity contribution is -0.115. The zero-order valence-electron chi connectivity index (χ0n) is 12.6. The maximum atomic E-state index is 12.1. The maximum absolute atomic E-state index is 12.1. The Hall–Kier alpha value is -2.20. The second-order valence-corrected chi connectivity index (χ2v) is 5.02. The van der Waals surface area contributed by atoms with Crippen LogP contribution in [-0.2, 0) is 11.2 Å². The van der Waals surface area contributed by atoms with Crippen LogP contribution in [0.3, 0.4) is 0 Å². The van der Waals surface area contributed by atoms with Gasteiger partial charge in [-0.15, -0.1) is 0 Å². The number of halogens is 1. The van der Waals surface area contributed by atoms with Crippen molar-refractivity contribution in [3.8, 4) is 11.5 Å². The molecule has 1 N–H and O–H groups in total. The molecule has 0 aliphatic carbocycles. The van der Waals surface area contributed by atoms with Gasteiger partial charge in [-0.1, -0.05) is 29.8 Å². The van der Waals surface area contributed by atoms with Crippen molar-refractivity contribution in [3.05, 3.63) is 53.1 Å². The van der Waals surface area contributed by atoms with Gasteiger partial charge in [0.05, 0.1) is 20.1 Å². The number of benzene rings is 2. The normalized spacial score (nSPS) is 10.1. The van der Waals surface area contributed by atoms with Crippen molar-refractivity contribution in [2.75, 3.05) is 19.0 Å². The van der Waals surface area contributed by atoms with Crippen LogP contribution in [-0.4, -0.2) is 19.6 Å². The first-order valence-electron chi connectivity index (χ1n) is 6.98. The highest BCUT2D eigenvalue weighted by Gasteiger charge is 2.10. The second kappa shape index (κ2) is 7.71. The first-order valence-corrected chi connectivity index (χ1v) is 7.36. The summed E-state index contributed by atoms with van der Waals surface area (Å²) in [5, 5.41) is 3.41. The van der Waals surface area contributed by atoms with Gasteiger partial charge in [-0.25, -0.2) is 0 Å². The Balaban J connectivity index is 2.07. The van der Waals surface area contributed by atoms with E-state index in [0.717, 1.165) is 5.56 Å². The lowest BCUT2D eigenvalue weighted by atomic mass is 10.1. The Bertz CT molecular complexity index is 658. The van der Waals surface area contributed by atoms with E-state index < -0.39 is 0 Å². The van der Waals surface area contributed by atoms with E-state index in [1.54, 1.807) is 31.4 Å². The molecule has 0 radical (unpaired) electrons. The quantitative estimate of drug-likeness (QED) is 0.877. The minimum absolute atomic E-state index is 0.140. The molecule has 22 heavy (non-hydrogen) atoms. The molecule has 2 rings (SSSR count). The number of anilines is 1. The Kier molecular flexibility index (Phi) is 5.67. The number of hydrogen-bond donors (Lipinski definition) is 1. The average molecular weight is 320 g/mol. The van der Waals surface area contributed by atoms with Crippen LogP contribution in [0, 0.1) is 0 Å². The van der Waals surface area contributed by atoms with Crippen LogP contribution in [0.4, 0.5) is 5.69 Å². The van der Waals surface area contributed by atoms with Gasteiger partial charge in [-0.2, -0.15) is 0 Å².